The summed E-state index contributed by atoms with van der Waals surface area (Å²) in [4.78, 5) is 2.31. The van der Waals surface area contributed by atoms with E-state index in [-0.39, 0.29) is 0 Å². The van der Waals surface area contributed by atoms with Crippen molar-refractivity contribution in [3.8, 4) is 11.1 Å². The highest BCUT2D eigenvalue weighted by Gasteiger charge is 2.17. The molecule has 0 amide bonds. The maximum Gasteiger partial charge on any atom is 0.0540 e. The predicted octanol–water partition coefficient (Wildman–Crippen LogP) is 11.0. The molecule has 0 bridgehead atoms. The number of rotatable bonds is 8. The van der Waals surface area contributed by atoms with Gasteiger partial charge in [-0.25, -0.2) is 0 Å². The fourth-order valence-electron chi connectivity index (χ4n) is 5.21. The Kier molecular flexibility index (Phi) is 7.69. The van der Waals surface area contributed by atoms with Gasteiger partial charge in [0.2, 0.25) is 0 Å². The summed E-state index contributed by atoms with van der Waals surface area (Å²) in [6.07, 6.45) is 6.43. The van der Waals surface area contributed by atoms with Crippen LogP contribution in [0.5, 0.6) is 0 Å². The van der Waals surface area contributed by atoms with Crippen LogP contribution in [0.15, 0.2) is 182 Å². The second-order valence-electron chi connectivity index (χ2n) is 9.90. The molecule has 0 aromatic heterocycles. The van der Waals surface area contributed by atoms with E-state index in [4.69, 9.17) is 0 Å². The van der Waals surface area contributed by atoms with Gasteiger partial charge in [-0.05, 0) is 69.6 Å². The lowest BCUT2D eigenvalue weighted by Crippen LogP contribution is -2.15. The van der Waals surface area contributed by atoms with Crippen LogP contribution < -0.4 is 4.90 Å². The molecule has 1 heteroatoms. The third-order valence-electron chi connectivity index (χ3n) is 7.24. The van der Waals surface area contributed by atoms with Crippen molar-refractivity contribution in [1.82, 2.24) is 0 Å². The van der Waals surface area contributed by atoms with Crippen LogP contribution in [0.4, 0.5) is 11.4 Å². The molecular weight excluding hydrogens is 494 g/mol. The first-order valence-corrected chi connectivity index (χ1v) is 13.9. The molecule has 0 saturated carbocycles. The summed E-state index contributed by atoms with van der Waals surface area (Å²) in [5, 5.41) is 2.38. The van der Waals surface area contributed by atoms with Crippen molar-refractivity contribution in [3.05, 3.63) is 193 Å². The molecule has 0 aliphatic rings. The van der Waals surface area contributed by atoms with Crippen molar-refractivity contribution in [2.45, 2.75) is 0 Å². The average Bonchev–Trinajstić information content (AvgIpc) is 3.05. The van der Waals surface area contributed by atoms with Crippen LogP contribution in [-0.2, 0) is 0 Å². The van der Waals surface area contributed by atoms with E-state index in [2.05, 4.69) is 175 Å². The number of benzene rings is 6. The number of allylic oxidation sites excluding steroid dienone is 3. The lowest BCUT2D eigenvalue weighted by Gasteiger charge is -2.28. The van der Waals surface area contributed by atoms with E-state index in [1.165, 1.54) is 21.9 Å². The Morgan fingerprint density at radius 2 is 1.12 bits per heavy atom. The Morgan fingerprint density at radius 3 is 1.83 bits per heavy atom. The number of hydrogen-bond donors (Lipinski definition) is 0. The molecule has 0 radical (unpaired) electrons. The average molecular weight is 526 g/mol. The van der Waals surface area contributed by atoms with Gasteiger partial charge in [-0.15, -0.1) is 0 Å². The van der Waals surface area contributed by atoms with E-state index < -0.39 is 0 Å². The molecule has 0 aliphatic carbocycles. The predicted molar refractivity (Wildman–Crippen MR) is 177 cm³/mol. The minimum absolute atomic E-state index is 0.986. The molecule has 41 heavy (non-hydrogen) atoms. The molecule has 0 unspecified atom stereocenters. The molecule has 0 saturated heterocycles. The van der Waals surface area contributed by atoms with E-state index in [0.29, 0.717) is 0 Å². The molecule has 6 aromatic carbocycles. The van der Waals surface area contributed by atoms with Crippen LogP contribution in [0.1, 0.15) is 11.1 Å². The van der Waals surface area contributed by atoms with Gasteiger partial charge in [0.1, 0.15) is 0 Å². The third-order valence-corrected chi connectivity index (χ3v) is 7.24. The zero-order chi connectivity index (χ0) is 27.9. The highest BCUT2D eigenvalue weighted by molar-refractivity contribution is 5.98. The Bertz CT molecular complexity index is 1810. The molecule has 0 N–H and O–H groups in total. The second kappa shape index (κ2) is 12.2. The molecule has 1 nitrogen and oxygen atoms in total. The minimum atomic E-state index is 0.986. The number of hydrogen-bond acceptors (Lipinski definition) is 1. The van der Waals surface area contributed by atoms with E-state index in [9.17, 15) is 0 Å². The SMILES string of the molecule is C=C/C(=C\C(=C\c1ccccc1)c1ccccc1)N(c1ccc(-c2ccccc2)cc1)c1cccc2ccccc12. The van der Waals surface area contributed by atoms with Gasteiger partial charge in [-0.2, -0.15) is 0 Å². The summed E-state index contributed by atoms with van der Waals surface area (Å²) in [5.74, 6) is 0. The third kappa shape index (κ3) is 5.80. The van der Waals surface area contributed by atoms with E-state index >= 15 is 0 Å². The lowest BCUT2D eigenvalue weighted by molar-refractivity contribution is 1.22. The van der Waals surface area contributed by atoms with Gasteiger partial charge in [-0.1, -0.05) is 146 Å². The Morgan fingerprint density at radius 1 is 0.537 bits per heavy atom. The lowest BCUT2D eigenvalue weighted by atomic mass is 10.00. The molecular formula is C40H31N. The van der Waals surface area contributed by atoms with Gasteiger partial charge in [0, 0.05) is 16.8 Å². The van der Waals surface area contributed by atoms with Crippen molar-refractivity contribution in [2.24, 2.45) is 0 Å². The smallest absolute Gasteiger partial charge is 0.0540 e. The van der Waals surface area contributed by atoms with Crippen LogP contribution in [0.25, 0.3) is 33.5 Å². The summed E-state index contributed by atoms with van der Waals surface area (Å²) in [7, 11) is 0. The first-order chi connectivity index (χ1) is 20.3. The number of anilines is 2. The Hall–Kier alpha value is -5.40. The van der Waals surface area contributed by atoms with E-state index in [1.54, 1.807) is 0 Å². The highest BCUT2D eigenvalue weighted by Crippen LogP contribution is 2.38. The summed E-state index contributed by atoms with van der Waals surface area (Å²) in [5.41, 5.74) is 8.95. The summed E-state index contributed by atoms with van der Waals surface area (Å²) >= 11 is 0. The monoisotopic (exact) mass is 525 g/mol. The van der Waals surface area contributed by atoms with Crippen molar-refractivity contribution < 1.29 is 0 Å². The van der Waals surface area contributed by atoms with Crippen molar-refractivity contribution >= 4 is 33.8 Å². The maximum absolute atomic E-state index is 4.29. The quantitative estimate of drug-likeness (QED) is 0.141. The van der Waals surface area contributed by atoms with Crippen LogP contribution in [0, 0.1) is 0 Å². The number of nitrogens with zero attached hydrogens (tertiary/aromatic N) is 1. The first-order valence-electron chi connectivity index (χ1n) is 13.9. The normalized spacial score (nSPS) is 11.8. The van der Waals surface area contributed by atoms with Gasteiger partial charge in [0.15, 0.2) is 0 Å². The fraction of sp³-hybridized carbons (Fsp3) is 0. The summed E-state index contributed by atoms with van der Waals surface area (Å²) in [6, 6.07) is 55.3. The fourth-order valence-corrected chi connectivity index (χ4v) is 5.21. The van der Waals surface area contributed by atoms with Crippen LogP contribution in [0.3, 0.4) is 0 Å². The van der Waals surface area contributed by atoms with Crippen LogP contribution in [0.2, 0.25) is 0 Å². The second-order valence-corrected chi connectivity index (χ2v) is 9.90. The Labute approximate surface area is 242 Å². The molecule has 6 aromatic rings. The zero-order valence-corrected chi connectivity index (χ0v) is 22.9. The molecule has 0 aliphatic heterocycles. The molecule has 0 atom stereocenters. The molecule has 0 heterocycles. The van der Waals surface area contributed by atoms with Gasteiger partial charge in [-0.3, -0.25) is 0 Å². The van der Waals surface area contributed by atoms with Crippen molar-refractivity contribution in [2.75, 3.05) is 4.90 Å². The largest absolute Gasteiger partial charge is 0.310 e. The zero-order valence-electron chi connectivity index (χ0n) is 22.9. The van der Waals surface area contributed by atoms with E-state index in [1.807, 2.05) is 12.1 Å². The van der Waals surface area contributed by atoms with Gasteiger partial charge in [0.05, 0.1) is 5.69 Å². The summed E-state index contributed by atoms with van der Waals surface area (Å²) < 4.78 is 0. The topological polar surface area (TPSA) is 3.24 Å². The van der Waals surface area contributed by atoms with E-state index in [0.717, 1.165) is 33.8 Å². The number of fused-ring (bicyclic) bond motifs is 1. The molecule has 196 valence electrons. The first kappa shape index (κ1) is 25.9. The standard InChI is InChI=1S/C40H31N/c1-2-37(30-36(33-19-10-5-11-20-33)29-31-15-6-3-7-16-31)41(40-24-14-22-35-21-12-13-23-39(35)40)38-27-25-34(26-28-38)32-17-8-4-9-18-32/h2-30H,1H2/b36-29-,37-30+. The van der Waals surface area contributed by atoms with Crippen LogP contribution >= 0.6 is 0 Å². The minimum Gasteiger partial charge on any atom is -0.310 e. The Balaban J connectivity index is 1.54. The highest BCUT2D eigenvalue weighted by atomic mass is 15.1. The molecule has 6 rings (SSSR count). The van der Waals surface area contributed by atoms with Crippen molar-refractivity contribution in [1.29, 1.82) is 0 Å². The maximum atomic E-state index is 4.29. The summed E-state index contributed by atoms with van der Waals surface area (Å²) in [6.45, 7) is 4.29. The van der Waals surface area contributed by atoms with Gasteiger partial charge in [0.25, 0.3) is 0 Å². The molecule has 0 fully saturated rings. The van der Waals surface area contributed by atoms with Crippen molar-refractivity contribution in [3.63, 3.8) is 0 Å². The van der Waals surface area contributed by atoms with Crippen LogP contribution in [-0.4, -0.2) is 0 Å². The van der Waals surface area contributed by atoms with Gasteiger partial charge >= 0.3 is 0 Å². The van der Waals surface area contributed by atoms with Gasteiger partial charge < -0.3 is 4.90 Å². The molecule has 0 spiro atoms.